The molecule has 0 aliphatic carbocycles. The zero-order chi connectivity index (χ0) is 31.1. The molecule has 9 heteroatoms. The highest BCUT2D eigenvalue weighted by atomic mass is 79.9. The van der Waals surface area contributed by atoms with E-state index in [1.165, 1.54) is 23.9 Å². The predicted molar refractivity (Wildman–Crippen MR) is 179 cm³/mol. The Morgan fingerprint density at radius 1 is 0.818 bits per heavy atom. The largest absolute Gasteiger partial charge is 0.323 e. The van der Waals surface area contributed by atoms with Crippen LogP contribution in [-0.4, -0.2) is 23.0 Å². The average Bonchev–Trinajstić information content (AvgIpc) is 3.03. The number of hydrogen-bond donors (Lipinski definition) is 3. The van der Waals surface area contributed by atoms with Gasteiger partial charge in [-0.05, 0) is 83.9 Å². The van der Waals surface area contributed by atoms with Gasteiger partial charge in [-0.1, -0.05) is 76.6 Å². The highest BCUT2D eigenvalue weighted by Crippen LogP contribution is 2.27. The van der Waals surface area contributed by atoms with Crippen molar-refractivity contribution < 1.29 is 18.8 Å². The van der Waals surface area contributed by atoms with Crippen molar-refractivity contribution in [2.24, 2.45) is 0 Å². The predicted octanol–water partition coefficient (Wildman–Crippen LogP) is 8.27. The van der Waals surface area contributed by atoms with Crippen LogP contribution in [0.1, 0.15) is 22.8 Å². The highest BCUT2D eigenvalue weighted by Gasteiger charge is 2.18. The van der Waals surface area contributed by atoms with Crippen LogP contribution < -0.4 is 16.0 Å². The van der Waals surface area contributed by atoms with Crippen LogP contribution in [0.15, 0.2) is 130 Å². The molecule has 0 spiro atoms. The van der Waals surface area contributed by atoms with Crippen molar-refractivity contribution >= 4 is 73.6 Å². The number of nitrogens with one attached hydrogen (secondary N) is 3. The Bertz CT molecular complexity index is 1860. The van der Waals surface area contributed by atoms with E-state index in [0.717, 1.165) is 21.2 Å². The number of anilines is 2. The Morgan fingerprint density at radius 2 is 1.52 bits per heavy atom. The maximum atomic E-state index is 14.1. The topological polar surface area (TPSA) is 87.3 Å². The molecule has 1 unspecified atom stereocenters. The molecule has 5 aromatic carbocycles. The molecule has 1 atom stereocenters. The monoisotopic (exact) mass is 667 g/mol. The fraction of sp³-hybridized carbons (Fsp3) is 0.0571. The summed E-state index contributed by atoms with van der Waals surface area (Å²) in [6.07, 6.45) is 1.66. The number of carbonyl (C=O) groups excluding carboxylic acids is 3. The van der Waals surface area contributed by atoms with Gasteiger partial charge in [-0.15, -0.1) is 11.8 Å². The third kappa shape index (κ3) is 7.80. The molecule has 3 N–H and O–H groups in total. The SMILES string of the molecule is CC(Sc1ccc(NC(=O)/C(=C/c2cccc3ccccc23)NC(=O)c2ccccc2)cc1)C(=O)Nc1ccc(Br)cc1F. The number of amides is 3. The molecule has 0 heterocycles. The zero-order valence-corrected chi connectivity index (χ0v) is 25.9. The Kier molecular flexibility index (Phi) is 9.89. The first-order chi connectivity index (χ1) is 21.3. The second kappa shape index (κ2) is 14.2. The molecule has 0 aliphatic heterocycles. The summed E-state index contributed by atoms with van der Waals surface area (Å²) >= 11 is 4.50. The molecule has 0 fully saturated rings. The smallest absolute Gasteiger partial charge is 0.272 e. The van der Waals surface area contributed by atoms with Gasteiger partial charge >= 0.3 is 0 Å². The lowest BCUT2D eigenvalue weighted by molar-refractivity contribution is -0.115. The van der Waals surface area contributed by atoms with Gasteiger partial charge in [-0.3, -0.25) is 14.4 Å². The molecule has 5 aromatic rings. The third-order valence-electron chi connectivity index (χ3n) is 6.64. The van der Waals surface area contributed by atoms with Gasteiger partial charge in [0.1, 0.15) is 11.5 Å². The Hall–Kier alpha value is -4.73. The van der Waals surface area contributed by atoms with Crippen molar-refractivity contribution in [3.05, 3.63) is 142 Å². The summed E-state index contributed by atoms with van der Waals surface area (Å²) in [6, 6.07) is 33.7. The molecule has 0 radical (unpaired) electrons. The summed E-state index contributed by atoms with van der Waals surface area (Å²) in [7, 11) is 0. The number of halogens is 2. The van der Waals surface area contributed by atoms with E-state index in [2.05, 4.69) is 31.9 Å². The Balaban J connectivity index is 1.30. The van der Waals surface area contributed by atoms with Gasteiger partial charge in [0.15, 0.2) is 0 Å². The molecule has 0 saturated carbocycles. The third-order valence-corrected chi connectivity index (χ3v) is 8.24. The lowest BCUT2D eigenvalue weighted by Crippen LogP contribution is -2.30. The first-order valence-electron chi connectivity index (χ1n) is 13.7. The van der Waals surface area contributed by atoms with Crippen molar-refractivity contribution in [3.63, 3.8) is 0 Å². The average molecular weight is 669 g/mol. The lowest BCUT2D eigenvalue weighted by Gasteiger charge is -2.14. The number of carbonyl (C=O) groups is 3. The van der Waals surface area contributed by atoms with Crippen LogP contribution in [0.2, 0.25) is 0 Å². The minimum Gasteiger partial charge on any atom is -0.323 e. The van der Waals surface area contributed by atoms with Gasteiger partial charge in [0, 0.05) is 20.6 Å². The van der Waals surface area contributed by atoms with E-state index in [0.29, 0.717) is 15.7 Å². The highest BCUT2D eigenvalue weighted by molar-refractivity contribution is 9.10. The van der Waals surface area contributed by atoms with Gasteiger partial charge in [0.05, 0.1) is 10.9 Å². The summed E-state index contributed by atoms with van der Waals surface area (Å²) in [5.74, 6) is -1.77. The van der Waals surface area contributed by atoms with Crippen molar-refractivity contribution in [1.29, 1.82) is 0 Å². The fourth-order valence-corrected chi connectivity index (χ4v) is 5.57. The number of benzene rings is 5. The zero-order valence-electron chi connectivity index (χ0n) is 23.5. The lowest BCUT2D eigenvalue weighted by atomic mass is 10.0. The van der Waals surface area contributed by atoms with Gasteiger partial charge in [-0.25, -0.2) is 4.39 Å². The van der Waals surface area contributed by atoms with Crippen LogP contribution >= 0.6 is 27.7 Å². The van der Waals surface area contributed by atoms with E-state index >= 15 is 0 Å². The van der Waals surface area contributed by atoms with E-state index in [-0.39, 0.29) is 17.3 Å². The molecule has 0 saturated heterocycles. The molecule has 220 valence electrons. The second-order valence-electron chi connectivity index (χ2n) is 9.80. The molecule has 44 heavy (non-hydrogen) atoms. The van der Waals surface area contributed by atoms with Gasteiger partial charge in [-0.2, -0.15) is 0 Å². The molecular weight excluding hydrogens is 641 g/mol. The first kappa shape index (κ1) is 30.7. The van der Waals surface area contributed by atoms with Crippen molar-refractivity contribution in [1.82, 2.24) is 5.32 Å². The van der Waals surface area contributed by atoms with E-state index in [4.69, 9.17) is 0 Å². The maximum Gasteiger partial charge on any atom is 0.272 e. The molecule has 3 amide bonds. The number of rotatable bonds is 9. The van der Waals surface area contributed by atoms with Crippen molar-refractivity contribution in [2.75, 3.05) is 10.6 Å². The minimum absolute atomic E-state index is 0.0825. The second-order valence-corrected chi connectivity index (χ2v) is 12.1. The normalized spacial score (nSPS) is 11.9. The molecule has 0 aromatic heterocycles. The number of hydrogen-bond acceptors (Lipinski definition) is 4. The van der Waals surface area contributed by atoms with Gasteiger partial charge < -0.3 is 16.0 Å². The van der Waals surface area contributed by atoms with E-state index in [9.17, 15) is 18.8 Å². The molecule has 0 aliphatic rings. The summed E-state index contributed by atoms with van der Waals surface area (Å²) in [5.41, 5.74) is 1.90. The Morgan fingerprint density at radius 3 is 2.27 bits per heavy atom. The first-order valence-corrected chi connectivity index (χ1v) is 15.3. The van der Waals surface area contributed by atoms with Crippen molar-refractivity contribution in [2.45, 2.75) is 17.1 Å². The summed E-state index contributed by atoms with van der Waals surface area (Å²) < 4.78 is 14.7. The summed E-state index contributed by atoms with van der Waals surface area (Å²) in [5, 5.41) is 9.68. The molecule has 0 bridgehead atoms. The summed E-state index contributed by atoms with van der Waals surface area (Å²) in [6.45, 7) is 1.73. The van der Waals surface area contributed by atoms with Crippen LogP contribution in [0, 0.1) is 5.82 Å². The summed E-state index contributed by atoms with van der Waals surface area (Å²) in [4.78, 5) is 40.0. The van der Waals surface area contributed by atoms with Crippen LogP contribution in [-0.2, 0) is 9.59 Å². The molecular formula is C35H27BrFN3O3S. The quantitative estimate of drug-likeness (QED) is 0.109. The molecule has 5 rings (SSSR count). The van der Waals surface area contributed by atoms with E-state index < -0.39 is 22.9 Å². The van der Waals surface area contributed by atoms with Gasteiger partial charge in [0.25, 0.3) is 11.8 Å². The Labute approximate surface area is 266 Å². The van der Waals surface area contributed by atoms with E-state index in [1.54, 1.807) is 67.6 Å². The standard InChI is InChI=1S/C35H27BrFN3O3S/c1-22(33(41)39-31-19-14-26(36)21-30(31)37)44-28-17-15-27(16-18-28)38-35(43)32(40-34(42)24-9-3-2-4-10-24)20-25-12-7-11-23-8-5-6-13-29(23)25/h2-22H,1H3,(H,38,43)(H,39,41)(H,40,42)/b32-20-. The van der Waals surface area contributed by atoms with Gasteiger partial charge in [0.2, 0.25) is 5.91 Å². The molecule has 6 nitrogen and oxygen atoms in total. The van der Waals surface area contributed by atoms with Crippen molar-refractivity contribution in [3.8, 4) is 0 Å². The van der Waals surface area contributed by atoms with Crippen LogP contribution in [0.5, 0.6) is 0 Å². The maximum absolute atomic E-state index is 14.1. The van der Waals surface area contributed by atoms with Crippen LogP contribution in [0.25, 0.3) is 16.8 Å². The fourth-order valence-electron chi connectivity index (χ4n) is 4.37. The van der Waals surface area contributed by atoms with Crippen LogP contribution in [0.4, 0.5) is 15.8 Å². The van der Waals surface area contributed by atoms with E-state index in [1.807, 2.05) is 48.5 Å². The van der Waals surface area contributed by atoms with Crippen LogP contribution in [0.3, 0.4) is 0 Å². The number of fused-ring (bicyclic) bond motifs is 1. The number of thioether (sulfide) groups is 1. The minimum atomic E-state index is -0.529.